The molecule has 0 spiro atoms. The van der Waals surface area contributed by atoms with Gasteiger partial charge in [0.15, 0.2) is 0 Å². The van der Waals surface area contributed by atoms with Crippen LogP contribution in [-0.2, 0) is 0 Å². The molecule has 1 nitrogen and oxygen atoms in total. The van der Waals surface area contributed by atoms with E-state index in [0.29, 0.717) is 11.8 Å². The molecule has 2 heterocycles. The number of aryl methyl sites for hydroxylation is 2. The van der Waals surface area contributed by atoms with E-state index in [9.17, 15) is 0 Å². The average Bonchev–Trinajstić information content (AvgIpc) is 2.79. The Morgan fingerprint density at radius 3 is 2.75 bits per heavy atom. The molecular formula is C17H20BrNS. The van der Waals surface area contributed by atoms with Gasteiger partial charge in [-0.25, -0.2) is 0 Å². The Morgan fingerprint density at radius 1 is 1.20 bits per heavy atom. The van der Waals surface area contributed by atoms with Crippen molar-refractivity contribution in [2.24, 2.45) is 0 Å². The summed E-state index contributed by atoms with van der Waals surface area (Å²) in [6, 6.07) is 11.3. The molecule has 0 aliphatic carbocycles. The van der Waals surface area contributed by atoms with Crippen molar-refractivity contribution in [2.75, 3.05) is 13.1 Å². The molecule has 0 amide bonds. The summed E-state index contributed by atoms with van der Waals surface area (Å²) in [4.78, 5) is 2.92. The minimum atomic E-state index is 0.591. The van der Waals surface area contributed by atoms with E-state index in [4.69, 9.17) is 0 Å². The van der Waals surface area contributed by atoms with Gasteiger partial charge in [-0.1, -0.05) is 29.8 Å². The third-order valence-corrected chi connectivity index (χ3v) is 6.46. The average molecular weight is 350 g/mol. The maximum atomic E-state index is 3.67. The monoisotopic (exact) mass is 349 g/mol. The summed E-state index contributed by atoms with van der Waals surface area (Å²) in [5.41, 5.74) is 2.83. The quantitative estimate of drug-likeness (QED) is 0.805. The molecule has 1 fully saturated rings. The lowest BCUT2D eigenvalue weighted by Crippen LogP contribution is -2.33. The molecular weight excluding hydrogens is 330 g/mol. The predicted molar refractivity (Wildman–Crippen MR) is 90.9 cm³/mol. The third-order valence-electron chi connectivity index (χ3n) is 4.19. The zero-order chi connectivity index (χ0) is 14.1. The number of thiophene rings is 1. The van der Waals surface area contributed by atoms with Gasteiger partial charge in [0.2, 0.25) is 0 Å². The fourth-order valence-corrected chi connectivity index (χ4v) is 4.88. The van der Waals surface area contributed by atoms with E-state index >= 15 is 0 Å². The maximum Gasteiger partial charge on any atom is 0.0314 e. The SMILES string of the molecule is Cc1cccc(C2CNCCC2c2cc(Br)c(C)s2)c1. The van der Waals surface area contributed by atoms with Crippen molar-refractivity contribution in [1.29, 1.82) is 0 Å². The zero-order valence-electron chi connectivity index (χ0n) is 11.9. The molecule has 1 aromatic carbocycles. The lowest BCUT2D eigenvalue weighted by molar-refractivity contribution is 0.408. The molecule has 3 rings (SSSR count). The van der Waals surface area contributed by atoms with Crippen LogP contribution in [0.4, 0.5) is 0 Å². The molecule has 3 heteroatoms. The second-order valence-corrected chi connectivity index (χ2v) is 7.82. The molecule has 2 aromatic rings. The molecule has 2 atom stereocenters. The van der Waals surface area contributed by atoms with Crippen LogP contribution in [0.15, 0.2) is 34.8 Å². The number of rotatable bonds is 2. The van der Waals surface area contributed by atoms with E-state index in [1.165, 1.54) is 31.8 Å². The second kappa shape index (κ2) is 6.00. The molecule has 2 unspecified atom stereocenters. The van der Waals surface area contributed by atoms with Crippen LogP contribution in [0.25, 0.3) is 0 Å². The lowest BCUT2D eigenvalue weighted by atomic mass is 9.80. The summed E-state index contributed by atoms with van der Waals surface area (Å²) in [5.74, 6) is 1.24. The fraction of sp³-hybridized carbons (Fsp3) is 0.412. The van der Waals surface area contributed by atoms with Crippen molar-refractivity contribution in [3.05, 3.63) is 55.7 Å². The zero-order valence-corrected chi connectivity index (χ0v) is 14.4. The highest BCUT2D eigenvalue weighted by atomic mass is 79.9. The second-order valence-electron chi connectivity index (χ2n) is 5.67. The first-order chi connectivity index (χ1) is 9.65. The van der Waals surface area contributed by atoms with Crippen molar-refractivity contribution in [1.82, 2.24) is 5.32 Å². The van der Waals surface area contributed by atoms with Gasteiger partial charge in [-0.3, -0.25) is 0 Å². The molecule has 1 aromatic heterocycles. The minimum Gasteiger partial charge on any atom is -0.316 e. The van der Waals surface area contributed by atoms with Gasteiger partial charge in [0.1, 0.15) is 0 Å². The van der Waals surface area contributed by atoms with E-state index in [-0.39, 0.29) is 0 Å². The summed E-state index contributed by atoms with van der Waals surface area (Å²) >= 11 is 5.61. The van der Waals surface area contributed by atoms with Crippen molar-refractivity contribution < 1.29 is 0 Å². The molecule has 106 valence electrons. The van der Waals surface area contributed by atoms with Crippen molar-refractivity contribution in [2.45, 2.75) is 32.1 Å². The highest BCUT2D eigenvalue weighted by Crippen LogP contribution is 2.42. The van der Waals surface area contributed by atoms with Crippen LogP contribution in [0.2, 0.25) is 0 Å². The van der Waals surface area contributed by atoms with Crippen LogP contribution in [0, 0.1) is 13.8 Å². The van der Waals surface area contributed by atoms with Gasteiger partial charge in [-0.2, -0.15) is 0 Å². The smallest absolute Gasteiger partial charge is 0.0314 e. The molecule has 1 aliphatic rings. The Hall–Kier alpha value is -0.640. The Kier molecular flexibility index (Phi) is 4.29. The van der Waals surface area contributed by atoms with E-state index in [0.717, 1.165) is 13.1 Å². The number of hydrogen-bond donors (Lipinski definition) is 1. The number of benzene rings is 1. The van der Waals surface area contributed by atoms with Crippen LogP contribution in [-0.4, -0.2) is 13.1 Å². The first-order valence-electron chi connectivity index (χ1n) is 7.18. The fourth-order valence-electron chi connectivity index (χ4n) is 3.11. The number of piperidine rings is 1. The van der Waals surface area contributed by atoms with E-state index in [2.05, 4.69) is 65.4 Å². The Bertz CT molecular complexity index is 585. The maximum absolute atomic E-state index is 3.67. The molecule has 0 saturated carbocycles. The Labute approximate surface area is 133 Å². The van der Waals surface area contributed by atoms with E-state index < -0.39 is 0 Å². The van der Waals surface area contributed by atoms with Gasteiger partial charge in [0, 0.05) is 32.6 Å². The first-order valence-corrected chi connectivity index (χ1v) is 8.79. The summed E-state index contributed by atoms with van der Waals surface area (Å²) in [5, 5.41) is 3.57. The predicted octanol–water partition coefficient (Wildman–Crippen LogP) is 4.99. The van der Waals surface area contributed by atoms with Crippen LogP contribution >= 0.6 is 27.3 Å². The van der Waals surface area contributed by atoms with Gasteiger partial charge < -0.3 is 5.32 Å². The minimum absolute atomic E-state index is 0.591. The van der Waals surface area contributed by atoms with Gasteiger partial charge >= 0.3 is 0 Å². The first kappa shape index (κ1) is 14.3. The van der Waals surface area contributed by atoms with Gasteiger partial charge in [-0.15, -0.1) is 11.3 Å². The standard InChI is InChI=1S/C17H20BrNS/c1-11-4-3-5-13(8-11)15-10-19-7-6-14(15)17-9-16(18)12(2)20-17/h3-5,8-9,14-15,19H,6-7,10H2,1-2H3. The van der Waals surface area contributed by atoms with E-state index in [1.807, 2.05) is 11.3 Å². The molecule has 1 saturated heterocycles. The number of halogens is 1. The summed E-state index contributed by atoms with van der Waals surface area (Å²) in [7, 11) is 0. The summed E-state index contributed by atoms with van der Waals surface area (Å²) in [6.07, 6.45) is 1.23. The van der Waals surface area contributed by atoms with Crippen LogP contribution < -0.4 is 5.32 Å². The topological polar surface area (TPSA) is 12.0 Å². The highest BCUT2D eigenvalue weighted by Gasteiger charge is 2.29. The molecule has 1 N–H and O–H groups in total. The molecule has 1 aliphatic heterocycles. The largest absolute Gasteiger partial charge is 0.316 e. The van der Waals surface area contributed by atoms with Crippen LogP contribution in [0.5, 0.6) is 0 Å². The van der Waals surface area contributed by atoms with Crippen molar-refractivity contribution in [3.8, 4) is 0 Å². The van der Waals surface area contributed by atoms with Crippen LogP contribution in [0.1, 0.15) is 39.1 Å². The van der Waals surface area contributed by atoms with Gasteiger partial charge in [0.05, 0.1) is 0 Å². The lowest BCUT2D eigenvalue weighted by Gasteiger charge is -2.32. The molecule has 0 bridgehead atoms. The number of nitrogens with one attached hydrogen (secondary N) is 1. The van der Waals surface area contributed by atoms with Gasteiger partial charge in [0.25, 0.3) is 0 Å². The van der Waals surface area contributed by atoms with Crippen molar-refractivity contribution >= 4 is 27.3 Å². The highest BCUT2D eigenvalue weighted by molar-refractivity contribution is 9.10. The summed E-state index contributed by atoms with van der Waals surface area (Å²) in [6.45, 7) is 6.59. The number of hydrogen-bond acceptors (Lipinski definition) is 2. The molecule has 0 radical (unpaired) electrons. The van der Waals surface area contributed by atoms with Gasteiger partial charge in [-0.05, 0) is 54.4 Å². The van der Waals surface area contributed by atoms with Crippen LogP contribution in [0.3, 0.4) is 0 Å². The van der Waals surface area contributed by atoms with E-state index in [1.54, 1.807) is 0 Å². The Balaban J connectivity index is 1.95. The normalized spacial score (nSPS) is 22.9. The summed E-state index contributed by atoms with van der Waals surface area (Å²) < 4.78 is 1.26. The van der Waals surface area contributed by atoms with Crippen molar-refractivity contribution in [3.63, 3.8) is 0 Å². The third kappa shape index (κ3) is 2.85. The Morgan fingerprint density at radius 2 is 2.05 bits per heavy atom. The molecule has 20 heavy (non-hydrogen) atoms.